The number of benzene rings is 1. The Morgan fingerprint density at radius 1 is 1.12 bits per heavy atom. The number of rotatable bonds is 3. The van der Waals surface area contributed by atoms with E-state index in [9.17, 15) is 10.0 Å². The summed E-state index contributed by atoms with van der Waals surface area (Å²) >= 11 is 0. The third kappa shape index (κ3) is 3.93. The van der Waals surface area contributed by atoms with Crippen LogP contribution in [0, 0.1) is 0 Å². The summed E-state index contributed by atoms with van der Waals surface area (Å²) in [5, 5.41) is 18.6. The second-order valence-electron chi connectivity index (χ2n) is 3.99. The van der Waals surface area contributed by atoms with Gasteiger partial charge in [-0.1, -0.05) is 45.9 Å². The first kappa shape index (κ1) is 13.3. The van der Waals surface area contributed by atoms with Crippen LogP contribution in [-0.2, 0) is 6.54 Å². The third-order valence-electron chi connectivity index (χ3n) is 2.79. The molecule has 17 heavy (non-hydrogen) atoms. The molecule has 0 spiro atoms. The fourth-order valence-electron chi connectivity index (χ4n) is 1.89. The molecule has 1 fully saturated rings. The van der Waals surface area contributed by atoms with Gasteiger partial charge in [0.15, 0.2) is 0 Å². The van der Waals surface area contributed by atoms with E-state index in [1.54, 1.807) is 6.07 Å². The van der Waals surface area contributed by atoms with E-state index in [1.165, 1.54) is 0 Å². The lowest BCUT2D eigenvalue weighted by Crippen LogP contribution is -2.36. The molecule has 0 atom stereocenters. The maximum Gasteiger partial charge on any atom is 0.488 e. The molecule has 1 aliphatic heterocycles. The fourth-order valence-corrected chi connectivity index (χ4v) is 3.95. The van der Waals surface area contributed by atoms with Crippen molar-refractivity contribution in [2.45, 2.75) is 6.54 Å². The van der Waals surface area contributed by atoms with E-state index in [0.717, 1.165) is 36.7 Å². The van der Waals surface area contributed by atoms with Crippen LogP contribution in [0.25, 0.3) is 0 Å². The maximum atomic E-state index is 9.32. The van der Waals surface area contributed by atoms with Crippen LogP contribution in [0.4, 0.5) is 0 Å². The van der Waals surface area contributed by atoms with Crippen molar-refractivity contribution >= 4 is 34.2 Å². The summed E-state index contributed by atoms with van der Waals surface area (Å²) < 4.78 is 0. The highest BCUT2D eigenvalue weighted by atomic mass is 33.1. The minimum absolute atomic E-state index is 0.622. The fraction of sp³-hybridized carbons (Fsp3) is 0.455. The highest BCUT2D eigenvalue weighted by Gasteiger charge is 2.17. The Labute approximate surface area is 110 Å². The van der Waals surface area contributed by atoms with Gasteiger partial charge in [-0.3, -0.25) is 4.90 Å². The third-order valence-corrected chi connectivity index (χ3v) is 5.16. The Hall–Kier alpha value is -0.135. The van der Waals surface area contributed by atoms with Crippen molar-refractivity contribution in [3.05, 3.63) is 29.8 Å². The summed E-state index contributed by atoms with van der Waals surface area (Å²) in [6.45, 7) is 2.93. The lowest BCUT2D eigenvalue weighted by atomic mass is 9.77. The Morgan fingerprint density at radius 3 is 2.41 bits per heavy atom. The molecule has 1 aromatic rings. The predicted molar refractivity (Wildman–Crippen MR) is 76.5 cm³/mol. The van der Waals surface area contributed by atoms with Crippen molar-refractivity contribution < 1.29 is 10.0 Å². The summed E-state index contributed by atoms with van der Waals surface area (Å²) in [5.41, 5.74) is 1.64. The lowest BCUT2D eigenvalue weighted by Gasteiger charge is -2.20. The highest BCUT2D eigenvalue weighted by molar-refractivity contribution is 8.76. The van der Waals surface area contributed by atoms with Crippen LogP contribution in [-0.4, -0.2) is 46.7 Å². The summed E-state index contributed by atoms with van der Waals surface area (Å²) in [5.74, 6) is 2.27. The van der Waals surface area contributed by atoms with E-state index < -0.39 is 7.12 Å². The minimum Gasteiger partial charge on any atom is -0.423 e. The molecule has 3 nitrogen and oxygen atoms in total. The van der Waals surface area contributed by atoms with Crippen molar-refractivity contribution in [1.82, 2.24) is 4.90 Å². The quantitative estimate of drug-likeness (QED) is 0.620. The Morgan fingerprint density at radius 2 is 1.76 bits per heavy atom. The molecule has 92 valence electrons. The van der Waals surface area contributed by atoms with Crippen LogP contribution in [0.3, 0.4) is 0 Å². The van der Waals surface area contributed by atoms with Crippen LogP contribution in [0.5, 0.6) is 0 Å². The van der Waals surface area contributed by atoms with E-state index >= 15 is 0 Å². The minimum atomic E-state index is -1.37. The molecule has 0 bridgehead atoms. The SMILES string of the molecule is OB(O)c1ccccc1CN1CCSSCC1. The molecule has 2 N–H and O–H groups in total. The first-order valence-corrected chi connectivity index (χ1v) is 8.17. The number of hydrogen-bond donors (Lipinski definition) is 2. The summed E-state index contributed by atoms with van der Waals surface area (Å²) in [7, 11) is 2.46. The van der Waals surface area contributed by atoms with E-state index in [0.29, 0.717) is 5.46 Å². The van der Waals surface area contributed by atoms with Crippen LogP contribution >= 0.6 is 21.6 Å². The van der Waals surface area contributed by atoms with Gasteiger partial charge in [0.25, 0.3) is 0 Å². The predicted octanol–water partition coefficient (Wildman–Crippen LogP) is 0.563. The second-order valence-corrected chi connectivity index (χ2v) is 6.69. The summed E-state index contributed by atoms with van der Waals surface area (Å²) in [6.07, 6.45) is 0. The van der Waals surface area contributed by atoms with Gasteiger partial charge in [-0.25, -0.2) is 0 Å². The zero-order valence-electron chi connectivity index (χ0n) is 9.58. The molecule has 0 radical (unpaired) electrons. The zero-order valence-corrected chi connectivity index (χ0v) is 11.2. The molecule has 1 aliphatic rings. The van der Waals surface area contributed by atoms with E-state index in [1.807, 2.05) is 39.8 Å². The van der Waals surface area contributed by atoms with Crippen LogP contribution in [0.1, 0.15) is 5.56 Å². The normalized spacial score (nSPS) is 17.8. The van der Waals surface area contributed by atoms with Crippen LogP contribution in [0.2, 0.25) is 0 Å². The number of nitrogens with zero attached hydrogens (tertiary/aromatic N) is 1. The van der Waals surface area contributed by atoms with Crippen LogP contribution in [0.15, 0.2) is 24.3 Å². The van der Waals surface area contributed by atoms with Gasteiger partial charge in [0.1, 0.15) is 0 Å². The molecule has 1 saturated heterocycles. The van der Waals surface area contributed by atoms with Crippen molar-refractivity contribution in [2.75, 3.05) is 24.6 Å². The van der Waals surface area contributed by atoms with Crippen molar-refractivity contribution in [3.8, 4) is 0 Å². The maximum absolute atomic E-state index is 9.32. The van der Waals surface area contributed by atoms with Gasteiger partial charge in [-0.05, 0) is 11.0 Å². The first-order valence-electron chi connectivity index (χ1n) is 5.68. The molecule has 0 unspecified atom stereocenters. The van der Waals surface area contributed by atoms with Gasteiger partial charge >= 0.3 is 7.12 Å². The summed E-state index contributed by atoms with van der Waals surface area (Å²) in [4.78, 5) is 2.37. The van der Waals surface area contributed by atoms with Gasteiger partial charge in [-0.2, -0.15) is 0 Å². The van der Waals surface area contributed by atoms with Gasteiger partial charge in [-0.15, -0.1) is 0 Å². The molecule has 0 saturated carbocycles. The average Bonchev–Trinajstić information content (AvgIpc) is 2.58. The smallest absolute Gasteiger partial charge is 0.423 e. The molecule has 0 amide bonds. The first-order chi connectivity index (χ1) is 8.27. The van der Waals surface area contributed by atoms with E-state index in [-0.39, 0.29) is 0 Å². The van der Waals surface area contributed by atoms with Crippen molar-refractivity contribution in [2.24, 2.45) is 0 Å². The van der Waals surface area contributed by atoms with Gasteiger partial charge in [0, 0.05) is 31.1 Å². The summed E-state index contributed by atoms with van der Waals surface area (Å²) in [6, 6.07) is 7.54. The molecule has 6 heteroatoms. The molecular formula is C11H16BNO2S2. The van der Waals surface area contributed by atoms with E-state index in [2.05, 4.69) is 4.90 Å². The molecular weight excluding hydrogens is 253 g/mol. The molecule has 2 rings (SSSR count). The Bertz CT molecular complexity index is 357. The topological polar surface area (TPSA) is 43.7 Å². The van der Waals surface area contributed by atoms with Gasteiger partial charge in [0.05, 0.1) is 0 Å². The zero-order chi connectivity index (χ0) is 12.1. The standard InChI is InChI=1S/C11H16BNO2S2/c14-12(15)11-4-2-1-3-10(11)9-13-5-7-16-17-8-6-13/h1-4,14-15H,5-9H2. The Balaban J connectivity index is 2.06. The Kier molecular flexibility index (Phi) is 5.25. The van der Waals surface area contributed by atoms with Gasteiger partial charge < -0.3 is 10.0 Å². The molecule has 0 aromatic heterocycles. The highest BCUT2D eigenvalue weighted by Crippen LogP contribution is 2.24. The number of hydrogen-bond acceptors (Lipinski definition) is 5. The lowest BCUT2D eigenvalue weighted by molar-refractivity contribution is 0.302. The monoisotopic (exact) mass is 269 g/mol. The van der Waals surface area contributed by atoms with Crippen molar-refractivity contribution in [3.63, 3.8) is 0 Å². The van der Waals surface area contributed by atoms with E-state index in [4.69, 9.17) is 0 Å². The van der Waals surface area contributed by atoms with Crippen molar-refractivity contribution in [1.29, 1.82) is 0 Å². The van der Waals surface area contributed by atoms with Gasteiger partial charge in [0.2, 0.25) is 0 Å². The second kappa shape index (κ2) is 6.71. The molecule has 1 heterocycles. The molecule has 1 aromatic carbocycles. The molecule has 0 aliphatic carbocycles. The largest absolute Gasteiger partial charge is 0.488 e. The van der Waals surface area contributed by atoms with Crippen LogP contribution < -0.4 is 5.46 Å². The average molecular weight is 269 g/mol.